The number of aliphatic hydroxyl groups is 1. The number of carbonyl (C=O) groups excluding carboxylic acids is 1. The molecule has 0 saturated carbocycles. The van der Waals surface area contributed by atoms with E-state index in [1.54, 1.807) is 12.3 Å². The van der Waals surface area contributed by atoms with Gasteiger partial charge in [0.2, 0.25) is 5.95 Å². The number of anilines is 1. The Morgan fingerprint density at radius 2 is 2.08 bits per heavy atom. The van der Waals surface area contributed by atoms with Gasteiger partial charge in [-0.05, 0) is 37.5 Å². The van der Waals surface area contributed by atoms with E-state index in [1.807, 2.05) is 11.8 Å². The normalized spacial score (nSPS) is 15.5. The maximum atomic E-state index is 13.6. The molecule has 3 N–H and O–H groups in total. The lowest BCUT2D eigenvalue weighted by Crippen LogP contribution is -2.36. The Labute approximate surface area is 139 Å². The molecular weight excluding hydrogens is 311 g/mol. The summed E-state index contributed by atoms with van der Waals surface area (Å²) in [6.45, 7) is 3.26. The second-order valence-corrected chi connectivity index (χ2v) is 5.95. The summed E-state index contributed by atoms with van der Waals surface area (Å²) in [7, 11) is 0. The van der Waals surface area contributed by atoms with Crippen molar-refractivity contribution in [1.29, 1.82) is 0 Å². The van der Waals surface area contributed by atoms with Crippen LogP contribution in [0.5, 0.6) is 0 Å². The van der Waals surface area contributed by atoms with Gasteiger partial charge >= 0.3 is 0 Å². The van der Waals surface area contributed by atoms with Gasteiger partial charge in [0, 0.05) is 24.8 Å². The Kier molecular flexibility index (Phi) is 4.44. The van der Waals surface area contributed by atoms with E-state index in [9.17, 15) is 14.3 Å². The fraction of sp³-hybridized carbons (Fsp3) is 0.353. The van der Waals surface area contributed by atoms with Crippen LogP contribution >= 0.6 is 0 Å². The van der Waals surface area contributed by atoms with Crippen molar-refractivity contribution in [1.82, 2.24) is 9.97 Å². The predicted octanol–water partition coefficient (Wildman–Crippen LogP) is 1.65. The minimum absolute atomic E-state index is 0.152. The number of nitrogens with two attached hydrogens (primary N) is 1. The number of hydrogen-bond donors (Lipinski definition) is 2. The highest BCUT2D eigenvalue weighted by Gasteiger charge is 2.20. The Bertz CT molecular complexity index is 773. The summed E-state index contributed by atoms with van der Waals surface area (Å²) >= 11 is 0. The van der Waals surface area contributed by atoms with Gasteiger partial charge in [-0.2, -0.15) is 0 Å². The molecule has 3 rings (SSSR count). The third kappa shape index (κ3) is 3.21. The standard InChI is InChI=1S/C17H19FN4O2/c1-10-14(11-2-3-15(18)13(8-11)16(19)24)9-20-17(21-10)22-6-4-12(23)5-7-22/h2-3,8-9,12,23H,4-7H2,1H3,(H2,19,24). The second-order valence-electron chi connectivity index (χ2n) is 5.95. The molecule has 24 heavy (non-hydrogen) atoms. The molecule has 0 atom stereocenters. The molecule has 1 amide bonds. The minimum atomic E-state index is -0.809. The number of aryl methyl sites for hydroxylation is 1. The summed E-state index contributed by atoms with van der Waals surface area (Å²) in [5.41, 5.74) is 7.14. The van der Waals surface area contributed by atoms with Gasteiger partial charge in [-0.1, -0.05) is 6.07 Å². The fourth-order valence-corrected chi connectivity index (χ4v) is 2.84. The molecule has 0 radical (unpaired) electrons. The van der Waals surface area contributed by atoms with Crippen molar-refractivity contribution in [2.75, 3.05) is 18.0 Å². The van der Waals surface area contributed by atoms with Gasteiger partial charge in [0.1, 0.15) is 5.82 Å². The minimum Gasteiger partial charge on any atom is -0.393 e. The number of hydrogen-bond acceptors (Lipinski definition) is 5. The largest absolute Gasteiger partial charge is 0.393 e. The van der Waals surface area contributed by atoms with Gasteiger partial charge < -0.3 is 15.7 Å². The van der Waals surface area contributed by atoms with Crippen LogP contribution < -0.4 is 10.6 Å². The Morgan fingerprint density at radius 3 is 2.71 bits per heavy atom. The average molecular weight is 330 g/mol. The number of piperidine rings is 1. The van der Waals surface area contributed by atoms with Gasteiger partial charge in [0.15, 0.2) is 0 Å². The van der Waals surface area contributed by atoms with Crippen LogP contribution in [0, 0.1) is 12.7 Å². The van der Waals surface area contributed by atoms with Gasteiger partial charge in [-0.3, -0.25) is 4.79 Å². The van der Waals surface area contributed by atoms with E-state index >= 15 is 0 Å². The van der Waals surface area contributed by atoms with Crippen molar-refractivity contribution in [3.8, 4) is 11.1 Å². The zero-order valence-corrected chi connectivity index (χ0v) is 13.4. The highest BCUT2D eigenvalue weighted by atomic mass is 19.1. The fourth-order valence-electron chi connectivity index (χ4n) is 2.84. The number of primary amides is 1. The molecule has 2 heterocycles. The van der Waals surface area contributed by atoms with E-state index in [0.717, 1.165) is 11.3 Å². The van der Waals surface area contributed by atoms with Gasteiger partial charge in [-0.25, -0.2) is 14.4 Å². The number of aliphatic hydroxyl groups excluding tert-OH is 1. The Morgan fingerprint density at radius 1 is 1.38 bits per heavy atom. The molecule has 7 heteroatoms. The first-order valence-electron chi connectivity index (χ1n) is 7.82. The number of carbonyl (C=O) groups is 1. The van der Waals surface area contributed by atoms with Crippen LogP contribution in [0.3, 0.4) is 0 Å². The molecule has 1 aliphatic rings. The van der Waals surface area contributed by atoms with Crippen molar-refractivity contribution in [2.24, 2.45) is 5.73 Å². The molecule has 0 spiro atoms. The van der Waals surface area contributed by atoms with Crippen molar-refractivity contribution in [3.63, 3.8) is 0 Å². The molecular formula is C17H19FN4O2. The summed E-state index contributed by atoms with van der Waals surface area (Å²) in [4.78, 5) is 22.2. The van der Waals surface area contributed by atoms with Crippen molar-refractivity contribution < 1.29 is 14.3 Å². The molecule has 6 nitrogen and oxygen atoms in total. The zero-order chi connectivity index (χ0) is 17.3. The first-order valence-corrected chi connectivity index (χ1v) is 7.82. The highest BCUT2D eigenvalue weighted by Crippen LogP contribution is 2.26. The van der Waals surface area contributed by atoms with Gasteiger partial charge in [-0.15, -0.1) is 0 Å². The average Bonchev–Trinajstić information content (AvgIpc) is 2.56. The lowest BCUT2D eigenvalue weighted by atomic mass is 10.0. The third-order valence-electron chi connectivity index (χ3n) is 4.26. The molecule has 1 aromatic heterocycles. The summed E-state index contributed by atoms with van der Waals surface area (Å²) in [6.07, 6.45) is 2.81. The van der Waals surface area contributed by atoms with Crippen LogP contribution in [0.2, 0.25) is 0 Å². The number of benzene rings is 1. The van der Waals surface area contributed by atoms with E-state index in [1.165, 1.54) is 12.1 Å². The van der Waals surface area contributed by atoms with Crippen LogP contribution in [-0.4, -0.2) is 40.2 Å². The smallest absolute Gasteiger partial charge is 0.251 e. The lowest BCUT2D eigenvalue weighted by molar-refractivity contribution is 0.0996. The first-order chi connectivity index (χ1) is 11.5. The van der Waals surface area contributed by atoms with Gasteiger partial charge in [0.25, 0.3) is 5.91 Å². The van der Waals surface area contributed by atoms with E-state index in [0.29, 0.717) is 37.4 Å². The van der Waals surface area contributed by atoms with E-state index in [4.69, 9.17) is 5.73 Å². The number of rotatable bonds is 3. The number of aromatic nitrogens is 2. The number of halogens is 1. The second kappa shape index (κ2) is 6.52. The van der Waals surface area contributed by atoms with Crippen molar-refractivity contribution in [2.45, 2.75) is 25.9 Å². The maximum absolute atomic E-state index is 13.6. The monoisotopic (exact) mass is 330 g/mol. The molecule has 126 valence electrons. The lowest BCUT2D eigenvalue weighted by Gasteiger charge is -2.29. The molecule has 1 aliphatic heterocycles. The van der Waals surface area contributed by atoms with Crippen molar-refractivity contribution in [3.05, 3.63) is 41.5 Å². The number of nitrogens with zero attached hydrogens (tertiary/aromatic N) is 3. The van der Waals surface area contributed by atoms with Crippen molar-refractivity contribution >= 4 is 11.9 Å². The van der Waals surface area contributed by atoms with Crippen LogP contribution in [0.15, 0.2) is 24.4 Å². The summed E-state index contributed by atoms with van der Waals surface area (Å²) in [6, 6.07) is 4.21. The van der Waals surface area contributed by atoms with E-state index in [-0.39, 0.29) is 11.7 Å². The quantitative estimate of drug-likeness (QED) is 0.893. The predicted molar refractivity (Wildman–Crippen MR) is 88.1 cm³/mol. The molecule has 0 unspecified atom stereocenters. The highest BCUT2D eigenvalue weighted by molar-refractivity contribution is 5.94. The van der Waals surface area contributed by atoms with Crippen LogP contribution in [-0.2, 0) is 0 Å². The summed E-state index contributed by atoms with van der Waals surface area (Å²) in [5, 5.41) is 9.58. The Hall–Kier alpha value is -2.54. The molecule has 1 fully saturated rings. The molecule has 1 saturated heterocycles. The Balaban J connectivity index is 1.90. The molecule has 0 bridgehead atoms. The summed E-state index contributed by atoms with van der Waals surface area (Å²) < 4.78 is 13.6. The van der Waals surface area contributed by atoms with E-state index < -0.39 is 11.7 Å². The zero-order valence-electron chi connectivity index (χ0n) is 13.4. The topological polar surface area (TPSA) is 92.3 Å². The third-order valence-corrected chi connectivity index (χ3v) is 4.26. The molecule has 0 aliphatic carbocycles. The first kappa shape index (κ1) is 16.3. The van der Waals surface area contributed by atoms with E-state index in [2.05, 4.69) is 9.97 Å². The SMILES string of the molecule is Cc1nc(N2CCC(O)CC2)ncc1-c1ccc(F)c(C(N)=O)c1. The van der Waals surface area contributed by atoms with Crippen LogP contribution in [0.4, 0.5) is 10.3 Å². The van der Waals surface area contributed by atoms with Gasteiger partial charge in [0.05, 0.1) is 17.4 Å². The van der Waals surface area contributed by atoms with Crippen LogP contribution in [0.1, 0.15) is 28.9 Å². The molecule has 1 aromatic carbocycles. The molecule has 2 aromatic rings. The maximum Gasteiger partial charge on any atom is 0.251 e. The number of amides is 1. The van der Waals surface area contributed by atoms with Crippen LogP contribution in [0.25, 0.3) is 11.1 Å². The summed E-state index contributed by atoms with van der Waals surface area (Å²) in [5.74, 6) is -0.842.